The van der Waals surface area contributed by atoms with E-state index in [0.29, 0.717) is 0 Å². The summed E-state index contributed by atoms with van der Waals surface area (Å²) >= 11 is 6.36. The van der Waals surface area contributed by atoms with E-state index >= 15 is 0 Å². The third-order valence-electron chi connectivity index (χ3n) is 7.30. The van der Waals surface area contributed by atoms with Gasteiger partial charge in [0.25, 0.3) is 0 Å². The van der Waals surface area contributed by atoms with Crippen molar-refractivity contribution in [1.29, 1.82) is 0 Å². The number of primary amides is 1. The van der Waals surface area contributed by atoms with E-state index < -0.39 is 70.1 Å². The number of pyridine rings is 1. The fourth-order valence-corrected chi connectivity index (χ4v) is 6.15. The average molecular weight is 507 g/mol. The first-order valence-corrected chi connectivity index (χ1v) is 11.6. The Labute approximate surface area is 206 Å². The van der Waals surface area contributed by atoms with Gasteiger partial charge in [0.1, 0.15) is 5.15 Å². The first-order valence-electron chi connectivity index (χ1n) is 11.3. The lowest BCUT2D eigenvalue weighted by Gasteiger charge is -2.52. The molecule has 11 nitrogen and oxygen atoms in total. The van der Waals surface area contributed by atoms with Crippen LogP contribution in [0.2, 0.25) is 5.15 Å². The molecule has 188 valence electrons. The Bertz CT molecular complexity index is 1180. The molecule has 1 amide bonds. The number of carbonyl (C=O) groups is 5. The van der Waals surface area contributed by atoms with Gasteiger partial charge < -0.3 is 21.3 Å². The lowest BCUT2D eigenvalue weighted by atomic mass is 9.52. The minimum absolute atomic E-state index is 0.0187. The second-order valence-corrected chi connectivity index (χ2v) is 10.4. The zero-order chi connectivity index (χ0) is 26.1. The van der Waals surface area contributed by atoms with Crippen LogP contribution >= 0.6 is 11.6 Å². The predicted octanol–water partition coefficient (Wildman–Crippen LogP) is -0.264. The molecule has 3 aliphatic carbocycles. The van der Waals surface area contributed by atoms with Crippen LogP contribution in [0.1, 0.15) is 36.2 Å². The van der Waals surface area contributed by atoms with Gasteiger partial charge in [0, 0.05) is 17.5 Å². The summed E-state index contributed by atoms with van der Waals surface area (Å²) < 4.78 is 0. The zero-order valence-corrected chi connectivity index (χ0v) is 20.4. The lowest BCUT2D eigenvalue weighted by Crippen LogP contribution is -2.74. The summed E-state index contributed by atoms with van der Waals surface area (Å²) in [4.78, 5) is 71.2. The van der Waals surface area contributed by atoms with E-state index in [1.165, 1.54) is 19.0 Å². The molecule has 0 radical (unpaired) electrons. The van der Waals surface area contributed by atoms with Crippen molar-refractivity contribution in [2.24, 2.45) is 29.4 Å². The third-order valence-corrected chi connectivity index (χ3v) is 7.61. The number of likely N-dealkylation sites (N-methyl/N-ethyl adjacent to an activating group) is 1. The normalized spacial score (nSPS) is 32.4. The Balaban J connectivity index is 1.86. The summed E-state index contributed by atoms with van der Waals surface area (Å²) in [6.45, 7) is 3.58. The molecule has 6 atom stereocenters. The van der Waals surface area contributed by atoms with Crippen molar-refractivity contribution in [2.45, 2.75) is 44.4 Å². The number of nitrogens with one attached hydrogen (secondary N) is 1. The molecule has 1 aromatic rings. The topological polar surface area (TPSA) is 180 Å². The summed E-state index contributed by atoms with van der Waals surface area (Å²) in [7, 11) is 3.05. The summed E-state index contributed by atoms with van der Waals surface area (Å²) in [6, 6.07) is -1.31. The monoisotopic (exact) mass is 506 g/mol. The number of aliphatic hydroxyl groups is 1. The number of amides is 1. The van der Waals surface area contributed by atoms with Crippen LogP contribution < -0.4 is 11.1 Å². The molecule has 4 rings (SSSR count). The van der Waals surface area contributed by atoms with Crippen molar-refractivity contribution in [2.75, 3.05) is 19.4 Å². The molecule has 1 heterocycles. The van der Waals surface area contributed by atoms with E-state index in [4.69, 9.17) is 17.3 Å². The number of carbonyl (C=O) groups excluding carboxylic acids is 5. The Morgan fingerprint density at radius 3 is 2.40 bits per heavy atom. The number of ketones is 4. The molecule has 0 spiro atoms. The van der Waals surface area contributed by atoms with E-state index in [2.05, 4.69) is 10.3 Å². The number of anilines is 1. The van der Waals surface area contributed by atoms with Gasteiger partial charge in [-0.05, 0) is 46.7 Å². The van der Waals surface area contributed by atoms with E-state index in [1.54, 1.807) is 13.8 Å². The summed E-state index contributed by atoms with van der Waals surface area (Å²) in [5, 5.41) is 25.2. The highest BCUT2D eigenvalue weighted by Crippen LogP contribution is 2.51. The standard InChI is InChI=1S/C23H27ClN4O7/c1-7(2)26-22-17(31)12-9(20(24)27-22)5-8-6-10-14(28(3)4)16(30)13(21(25)34)19(33)23(10,35)18(32)11(8)15(12)29/h7-8,10-11,13-14,31,35H,5-6H2,1-4H3,(H2,25,34)(H,26,27)/t8-,10-,11?,13?,14-,23-/m0/s1. The number of aromatic hydroxyl groups is 1. The fourth-order valence-electron chi connectivity index (χ4n) is 5.89. The number of nitrogens with two attached hydrogens (primary N) is 1. The van der Waals surface area contributed by atoms with E-state index in [0.717, 1.165) is 0 Å². The highest BCUT2D eigenvalue weighted by molar-refractivity contribution is 6.34. The Hall–Kier alpha value is -2.89. The number of nitrogens with zero attached hydrogens (tertiary/aromatic N) is 2. The zero-order valence-electron chi connectivity index (χ0n) is 19.7. The van der Waals surface area contributed by atoms with Crippen LogP contribution in [0, 0.1) is 23.7 Å². The number of hydrogen-bond acceptors (Lipinski definition) is 10. The molecule has 1 aromatic heterocycles. The molecule has 0 bridgehead atoms. The van der Waals surface area contributed by atoms with Crippen molar-refractivity contribution < 1.29 is 34.2 Å². The second-order valence-electron chi connectivity index (χ2n) is 10.0. The fraction of sp³-hybridized carbons (Fsp3) is 0.565. The van der Waals surface area contributed by atoms with E-state index in [1.807, 2.05) is 0 Å². The van der Waals surface area contributed by atoms with Crippen molar-refractivity contribution >= 4 is 46.5 Å². The van der Waals surface area contributed by atoms with Gasteiger partial charge in [0.2, 0.25) is 5.91 Å². The van der Waals surface area contributed by atoms with Crippen LogP contribution in [0.4, 0.5) is 5.82 Å². The van der Waals surface area contributed by atoms with Crippen molar-refractivity contribution in [3.63, 3.8) is 0 Å². The smallest absolute Gasteiger partial charge is 0.235 e. The number of halogens is 1. The molecule has 3 aliphatic rings. The SMILES string of the molecule is CC(C)Nc1nc(Cl)c2c(c1O)C(=O)C1C(=O)[C@]3(O)C(=O)C(C(N)=O)C(=O)[C@@H](N(C)C)[C@@H]3C[C@@H]1C2. The van der Waals surface area contributed by atoms with Gasteiger partial charge in [-0.25, -0.2) is 4.98 Å². The molecule has 0 aliphatic heterocycles. The van der Waals surface area contributed by atoms with Crippen molar-refractivity contribution in [1.82, 2.24) is 9.88 Å². The Morgan fingerprint density at radius 1 is 1.23 bits per heavy atom. The molecular weight excluding hydrogens is 480 g/mol. The number of aromatic nitrogens is 1. The first-order chi connectivity index (χ1) is 16.2. The number of fused-ring (bicyclic) bond motifs is 3. The molecule has 2 saturated carbocycles. The molecule has 12 heteroatoms. The number of Topliss-reactive ketones (excluding diaryl/α,β-unsaturated/α-hetero) is 4. The Kier molecular flexibility index (Phi) is 6.02. The van der Waals surface area contributed by atoms with Gasteiger partial charge in [-0.15, -0.1) is 0 Å². The molecule has 2 fully saturated rings. The van der Waals surface area contributed by atoms with Crippen LogP contribution in [0.15, 0.2) is 0 Å². The van der Waals surface area contributed by atoms with Gasteiger partial charge in [-0.1, -0.05) is 11.6 Å². The summed E-state index contributed by atoms with van der Waals surface area (Å²) in [6.07, 6.45) is 0.0141. The maximum atomic E-state index is 13.7. The van der Waals surface area contributed by atoms with Gasteiger partial charge >= 0.3 is 0 Å². The summed E-state index contributed by atoms with van der Waals surface area (Å²) in [5.41, 5.74) is 2.60. The molecule has 35 heavy (non-hydrogen) atoms. The van der Waals surface area contributed by atoms with E-state index in [9.17, 15) is 34.2 Å². The third kappa shape index (κ3) is 3.47. The van der Waals surface area contributed by atoms with Crippen molar-refractivity contribution in [3.05, 3.63) is 16.3 Å². The lowest BCUT2D eigenvalue weighted by molar-refractivity contribution is -0.181. The largest absolute Gasteiger partial charge is 0.504 e. The van der Waals surface area contributed by atoms with Crippen LogP contribution in [0.25, 0.3) is 0 Å². The van der Waals surface area contributed by atoms with E-state index in [-0.39, 0.29) is 41.0 Å². The second kappa shape index (κ2) is 8.35. The quantitative estimate of drug-likeness (QED) is 0.313. The van der Waals surface area contributed by atoms with Gasteiger partial charge in [0.15, 0.2) is 46.2 Å². The molecular formula is C23H27ClN4O7. The maximum Gasteiger partial charge on any atom is 0.235 e. The highest BCUT2D eigenvalue weighted by Gasteiger charge is 2.69. The minimum Gasteiger partial charge on any atom is -0.504 e. The van der Waals surface area contributed by atoms with Gasteiger partial charge in [-0.2, -0.15) is 0 Å². The van der Waals surface area contributed by atoms with Crippen LogP contribution in [0.3, 0.4) is 0 Å². The number of rotatable bonds is 4. The van der Waals surface area contributed by atoms with Gasteiger partial charge in [-0.3, -0.25) is 28.9 Å². The highest BCUT2D eigenvalue weighted by atomic mass is 35.5. The molecule has 0 aromatic carbocycles. The van der Waals surface area contributed by atoms with Crippen LogP contribution in [0.5, 0.6) is 5.75 Å². The minimum atomic E-state index is -2.76. The maximum absolute atomic E-state index is 13.7. The first kappa shape index (κ1) is 25.2. The average Bonchev–Trinajstić information content (AvgIpc) is 2.73. The molecule has 2 unspecified atom stereocenters. The predicted molar refractivity (Wildman–Crippen MR) is 123 cm³/mol. The van der Waals surface area contributed by atoms with Crippen LogP contribution in [-0.2, 0) is 25.6 Å². The van der Waals surface area contributed by atoms with Crippen molar-refractivity contribution in [3.8, 4) is 5.75 Å². The van der Waals surface area contributed by atoms with Gasteiger partial charge in [0.05, 0.1) is 17.5 Å². The molecule has 0 saturated heterocycles. The van der Waals surface area contributed by atoms with Crippen LogP contribution in [-0.4, -0.2) is 80.9 Å². The number of hydrogen-bond donors (Lipinski definition) is 4. The summed E-state index contributed by atoms with van der Waals surface area (Å²) in [5.74, 6) is -11.2. The molecule has 5 N–H and O–H groups in total. The Morgan fingerprint density at radius 2 is 1.86 bits per heavy atom.